The van der Waals surface area contributed by atoms with Crippen molar-refractivity contribution in [1.82, 2.24) is 29.3 Å². The molecule has 11 nitrogen and oxygen atoms in total. The average molecular weight is 601 g/mol. The normalized spacial score (nSPS) is 17.1. The second kappa shape index (κ2) is 10.6. The molecule has 1 saturated heterocycles. The monoisotopic (exact) mass is 600 g/mol. The summed E-state index contributed by atoms with van der Waals surface area (Å²) in [5.41, 5.74) is 3.65. The van der Waals surface area contributed by atoms with Gasteiger partial charge in [-0.25, -0.2) is 14.8 Å². The van der Waals surface area contributed by atoms with Crippen LogP contribution in [0.5, 0.6) is 5.88 Å². The van der Waals surface area contributed by atoms with Gasteiger partial charge >= 0.3 is 6.03 Å². The Morgan fingerprint density at radius 3 is 2.65 bits per heavy atom. The Hall–Kier alpha value is -4.00. The first-order valence-electron chi connectivity index (χ1n) is 14.7. The molecule has 43 heavy (non-hydrogen) atoms. The number of pyridine rings is 1. The molecule has 224 valence electrons. The maximum absolute atomic E-state index is 12.5. The van der Waals surface area contributed by atoms with Gasteiger partial charge in [0.15, 0.2) is 10.8 Å². The second-order valence-corrected chi connectivity index (χ2v) is 13.6. The van der Waals surface area contributed by atoms with Gasteiger partial charge in [-0.3, -0.25) is 14.6 Å². The molecule has 0 radical (unpaired) electrons. The Morgan fingerprint density at radius 1 is 1.09 bits per heavy atom. The molecule has 1 aliphatic carbocycles. The molecule has 12 heteroatoms. The fraction of sp³-hybridized carbons (Fsp3) is 0.419. The van der Waals surface area contributed by atoms with Crippen LogP contribution < -0.4 is 15.4 Å². The molecule has 0 unspecified atom stereocenters. The van der Waals surface area contributed by atoms with Gasteiger partial charge in [0.25, 0.3) is 0 Å². The van der Waals surface area contributed by atoms with Crippen LogP contribution in [0.3, 0.4) is 0 Å². The quantitative estimate of drug-likeness (QED) is 0.245. The summed E-state index contributed by atoms with van der Waals surface area (Å²) < 4.78 is 13.5. The van der Waals surface area contributed by atoms with Crippen molar-refractivity contribution in [3.63, 3.8) is 0 Å². The Morgan fingerprint density at radius 2 is 1.91 bits per heavy atom. The number of anilines is 2. The minimum atomic E-state index is -0.391. The van der Waals surface area contributed by atoms with Crippen molar-refractivity contribution in [3.05, 3.63) is 54.4 Å². The van der Waals surface area contributed by atoms with Crippen molar-refractivity contribution in [2.75, 3.05) is 50.5 Å². The largest absolute Gasteiger partial charge is 0.476 e. The van der Waals surface area contributed by atoms with Gasteiger partial charge in [0.05, 0.1) is 11.2 Å². The molecule has 0 atom stereocenters. The molecule has 2 amide bonds. The van der Waals surface area contributed by atoms with Gasteiger partial charge in [-0.2, -0.15) is 0 Å². The van der Waals surface area contributed by atoms with E-state index in [-0.39, 0.29) is 5.41 Å². The number of nitrogens with zero attached hydrogens (tertiary/aromatic N) is 6. The number of ether oxygens (including phenoxy) is 1. The molecule has 0 bridgehead atoms. The number of carbonyl (C=O) groups excluding carboxylic acids is 1. The van der Waals surface area contributed by atoms with Crippen LogP contribution in [0.25, 0.3) is 26.6 Å². The number of nitrogens with one attached hydrogen (secondary N) is 2. The lowest BCUT2D eigenvalue weighted by molar-refractivity contribution is 0.0612. The first-order valence-corrected chi connectivity index (χ1v) is 15.5. The average Bonchev–Trinajstić information content (AvgIpc) is 3.27. The van der Waals surface area contributed by atoms with E-state index in [1.807, 2.05) is 57.3 Å². The van der Waals surface area contributed by atoms with E-state index >= 15 is 0 Å². The molecule has 5 aromatic rings. The molecule has 2 aliphatic rings. The molecule has 2 fully saturated rings. The molecule has 4 aromatic heterocycles. The molecular weight excluding hydrogens is 564 g/mol. The number of fused-ring (bicyclic) bond motifs is 3. The van der Waals surface area contributed by atoms with Crippen molar-refractivity contribution in [3.8, 4) is 17.1 Å². The summed E-state index contributed by atoms with van der Waals surface area (Å²) in [7, 11) is 2.22. The van der Waals surface area contributed by atoms with Crippen molar-refractivity contribution < 1.29 is 14.1 Å². The van der Waals surface area contributed by atoms with Crippen LogP contribution in [0.4, 0.5) is 16.3 Å². The first kappa shape index (κ1) is 27.8. The number of aromatic nitrogens is 4. The van der Waals surface area contributed by atoms with E-state index in [9.17, 15) is 4.79 Å². The van der Waals surface area contributed by atoms with Crippen molar-refractivity contribution in [2.24, 2.45) is 0 Å². The molecule has 1 aromatic carbocycles. The molecule has 1 spiro atoms. The second-order valence-electron chi connectivity index (χ2n) is 12.6. The van der Waals surface area contributed by atoms with Crippen LogP contribution in [0.2, 0.25) is 0 Å². The molecule has 7 rings (SSSR count). The smallest absolute Gasteiger partial charge is 0.324 e. The summed E-state index contributed by atoms with van der Waals surface area (Å²) in [6.45, 7) is 11.0. The third-order valence-electron chi connectivity index (χ3n) is 8.29. The maximum Gasteiger partial charge on any atom is 0.324 e. The van der Waals surface area contributed by atoms with Gasteiger partial charge < -0.3 is 19.5 Å². The van der Waals surface area contributed by atoms with Gasteiger partial charge in [-0.05, 0) is 38.1 Å². The molecule has 1 saturated carbocycles. The lowest BCUT2D eigenvalue weighted by Crippen LogP contribution is -2.54. The summed E-state index contributed by atoms with van der Waals surface area (Å²) in [6, 6.07) is 12.9. The Balaban J connectivity index is 0.971. The lowest BCUT2D eigenvalue weighted by atomic mass is 9.93. The van der Waals surface area contributed by atoms with Crippen LogP contribution in [0.1, 0.15) is 39.4 Å². The highest BCUT2D eigenvalue weighted by molar-refractivity contribution is 7.23. The number of hydrogen-bond donors (Lipinski definition) is 2. The third kappa shape index (κ3) is 5.69. The van der Waals surface area contributed by atoms with E-state index in [2.05, 4.69) is 43.1 Å². The third-order valence-corrected chi connectivity index (χ3v) is 9.25. The summed E-state index contributed by atoms with van der Waals surface area (Å²) >= 11 is 1.54. The van der Waals surface area contributed by atoms with Gasteiger partial charge in [-0.1, -0.05) is 49.4 Å². The van der Waals surface area contributed by atoms with E-state index < -0.39 is 6.03 Å². The zero-order valence-electron chi connectivity index (χ0n) is 24.9. The van der Waals surface area contributed by atoms with E-state index in [0.717, 1.165) is 52.7 Å². The number of thiazole rings is 1. The first-order chi connectivity index (χ1) is 20.6. The van der Waals surface area contributed by atoms with Crippen LogP contribution >= 0.6 is 11.3 Å². The highest BCUT2D eigenvalue weighted by atomic mass is 32.1. The van der Waals surface area contributed by atoms with Crippen LogP contribution in [-0.2, 0) is 5.41 Å². The van der Waals surface area contributed by atoms with Crippen LogP contribution in [0.15, 0.2) is 53.2 Å². The zero-order chi connectivity index (χ0) is 29.8. The number of urea groups is 1. The number of imidazole rings is 1. The number of amides is 2. The fourth-order valence-electron chi connectivity index (χ4n) is 5.72. The Kier molecular flexibility index (Phi) is 6.87. The number of rotatable bonds is 7. The standard InChI is InChI=1S/C31H36N8O3S/c1-30(2,3)24-17-25(36-42-24)34-28(40)32-21-7-5-20(6-8-21)22-18-39-23-9-10-26(35-27(23)43-29(39)33-22)41-16-15-38-14-13-37(4)19-31(38)11-12-31/h5-10,17-18H,11-16,19H2,1-4H3,(H2,32,34,36,40). The minimum Gasteiger partial charge on any atom is -0.476 e. The Bertz CT molecular complexity index is 1780. The number of hydrogen-bond acceptors (Lipinski definition) is 9. The number of piperazine rings is 1. The summed E-state index contributed by atoms with van der Waals surface area (Å²) in [4.78, 5) is 28.9. The number of likely N-dealkylation sites (N-methyl/N-ethyl adjacent to an activating group) is 1. The van der Waals surface area contributed by atoms with Gasteiger partial charge in [0.2, 0.25) is 5.88 Å². The van der Waals surface area contributed by atoms with Crippen LogP contribution in [0, 0.1) is 0 Å². The summed E-state index contributed by atoms with van der Waals surface area (Å²) in [5, 5.41) is 9.47. The molecule has 2 N–H and O–H groups in total. The molecular formula is C31H36N8O3S. The predicted octanol–water partition coefficient (Wildman–Crippen LogP) is 5.70. The van der Waals surface area contributed by atoms with Crippen molar-refractivity contribution in [2.45, 2.75) is 44.6 Å². The lowest BCUT2D eigenvalue weighted by Gasteiger charge is -2.40. The van der Waals surface area contributed by atoms with Crippen molar-refractivity contribution >= 4 is 44.2 Å². The van der Waals surface area contributed by atoms with E-state index in [0.29, 0.717) is 35.3 Å². The summed E-state index contributed by atoms with van der Waals surface area (Å²) in [5.74, 6) is 1.73. The highest BCUT2D eigenvalue weighted by Gasteiger charge is 2.50. The van der Waals surface area contributed by atoms with E-state index in [1.165, 1.54) is 12.8 Å². The fourth-order valence-corrected chi connectivity index (χ4v) is 6.69. The minimum absolute atomic E-state index is 0.189. The molecule has 1 aliphatic heterocycles. The van der Waals surface area contributed by atoms with Gasteiger partial charge in [0.1, 0.15) is 17.2 Å². The van der Waals surface area contributed by atoms with Gasteiger partial charge in [-0.15, -0.1) is 0 Å². The predicted molar refractivity (Wildman–Crippen MR) is 168 cm³/mol. The highest BCUT2D eigenvalue weighted by Crippen LogP contribution is 2.43. The van der Waals surface area contributed by atoms with Gasteiger partial charge in [0, 0.05) is 66.7 Å². The number of carbonyl (C=O) groups is 1. The van der Waals surface area contributed by atoms with E-state index in [1.54, 1.807) is 17.4 Å². The van der Waals surface area contributed by atoms with Crippen molar-refractivity contribution in [1.29, 1.82) is 0 Å². The van der Waals surface area contributed by atoms with Crippen LogP contribution in [-0.4, -0.2) is 80.7 Å². The Labute approximate surface area is 253 Å². The summed E-state index contributed by atoms with van der Waals surface area (Å²) in [6.07, 6.45) is 4.60. The van der Waals surface area contributed by atoms with E-state index in [4.69, 9.17) is 19.2 Å². The zero-order valence-corrected chi connectivity index (χ0v) is 25.7. The topological polar surface area (TPSA) is 113 Å². The molecule has 5 heterocycles. The SMILES string of the molecule is CN1CCN(CCOc2ccc3c(n2)sc2nc(-c4ccc(NC(=O)Nc5cc(C(C)(C)C)on5)cc4)cn23)C2(CC2)C1. The maximum atomic E-state index is 12.5. The number of benzene rings is 1.